The van der Waals surface area contributed by atoms with Crippen molar-refractivity contribution in [3.63, 3.8) is 0 Å². The van der Waals surface area contributed by atoms with E-state index < -0.39 is 5.92 Å². The second-order valence-corrected chi connectivity index (χ2v) is 3.72. The summed E-state index contributed by atoms with van der Waals surface area (Å²) < 4.78 is 11.0. The Morgan fingerprint density at radius 1 is 1.50 bits per heavy atom. The number of nitrogens with zero attached hydrogens (tertiary/aromatic N) is 2. The SMILES string of the molecule is CCOC(=O)C(CC)c1ccnn(COC)c1=O. The molecule has 0 saturated carbocycles. The molecule has 0 N–H and O–H groups in total. The first-order chi connectivity index (χ1) is 8.65. The van der Waals surface area contributed by atoms with Crippen LogP contribution < -0.4 is 5.56 Å². The first-order valence-electron chi connectivity index (χ1n) is 5.87. The molecule has 0 aliphatic carbocycles. The van der Waals surface area contributed by atoms with Gasteiger partial charge in [0.05, 0.1) is 12.5 Å². The first-order valence-corrected chi connectivity index (χ1v) is 5.87. The molecule has 0 radical (unpaired) electrons. The molecule has 18 heavy (non-hydrogen) atoms. The van der Waals surface area contributed by atoms with Gasteiger partial charge in [-0.25, -0.2) is 4.68 Å². The lowest BCUT2D eigenvalue weighted by Crippen LogP contribution is -2.30. The van der Waals surface area contributed by atoms with E-state index >= 15 is 0 Å². The monoisotopic (exact) mass is 254 g/mol. The van der Waals surface area contributed by atoms with Crippen LogP contribution in [0.5, 0.6) is 0 Å². The van der Waals surface area contributed by atoms with Gasteiger partial charge in [-0.1, -0.05) is 6.92 Å². The largest absolute Gasteiger partial charge is 0.466 e. The molecule has 0 fully saturated rings. The number of carbonyl (C=O) groups excluding carboxylic acids is 1. The molecule has 1 aromatic heterocycles. The third-order valence-corrected chi connectivity index (χ3v) is 2.55. The maximum absolute atomic E-state index is 12.1. The quantitative estimate of drug-likeness (QED) is 0.705. The lowest BCUT2D eigenvalue weighted by molar-refractivity contribution is -0.145. The minimum Gasteiger partial charge on any atom is -0.466 e. The number of esters is 1. The standard InChI is InChI=1S/C12H18N2O4/c1-4-9(12(16)18-5-2)10-6-7-13-14(8-17-3)11(10)15/h6-7,9H,4-5,8H2,1-3H3. The van der Waals surface area contributed by atoms with Crippen molar-refractivity contribution >= 4 is 5.97 Å². The van der Waals surface area contributed by atoms with Crippen LogP contribution in [0.3, 0.4) is 0 Å². The van der Waals surface area contributed by atoms with Crippen LogP contribution in [0.4, 0.5) is 0 Å². The van der Waals surface area contributed by atoms with Gasteiger partial charge in [-0.3, -0.25) is 9.59 Å². The van der Waals surface area contributed by atoms with Crippen LogP contribution in [0.25, 0.3) is 0 Å². The van der Waals surface area contributed by atoms with Crippen molar-refractivity contribution in [3.8, 4) is 0 Å². The van der Waals surface area contributed by atoms with Crippen LogP contribution in [0.2, 0.25) is 0 Å². The molecular formula is C12H18N2O4. The summed E-state index contributed by atoms with van der Waals surface area (Å²) in [6, 6.07) is 1.56. The summed E-state index contributed by atoms with van der Waals surface area (Å²) in [5.74, 6) is -0.934. The highest BCUT2D eigenvalue weighted by molar-refractivity contribution is 5.77. The average molecular weight is 254 g/mol. The molecule has 6 heteroatoms. The zero-order valence-corrected chi connectivity index (χ0v) is 10.9. The van der Waals surface area contributed by atoms with Gasteiger partial charge in [-0.2, -0.15) is 5.10 Å². The number of methoxy groups -OCH3 is 1. The molecule has 0 amide bonds. The molecule has 1 unspecified atom stereocenters. The van der Waals surface area contributed by atoms with Gasteiger partial charge in [0, 0.05) is 18.9 Å². The summed E-state index contributed by atoms with van der Waals surface area (Å²) in [5.41, 5.74) is 0.0715. The van der Waals surface area contributed by atoms with Gasteiger partial charge in [0.2, 0.25) is 0 Å². The van der Waals surface area contributed by atoms with E-state index in [0.29, 0.717) is 18.6 Å². The van der Waals surface area contributed by atoms with Gasteiger partial charge >= 0.3 is 5.97 Å². The van der Waals surface area contributed by atoms with Gasteiger partial charge in [-0.15, -0.1) is 0 Å². The number of carbonyl (C=O) groups is 1. The topological polar surface area (TPSA) is 70.4 Å². The van der Waals surface area contributed by atoms with E-state index in [1.54, 1.807) is 13.0 Å². The first kappa shape index (κ1) is 14.4. The Morgan fingerprint density at radius 2 is 2.22 bits per heavy atom. The van der Waals surface area contributed by atoms with Gasteiger partial charge in [0.1, 0.15) is 6.73 Å². The molecule has 1 heterocycles. The van der Waals surface area contributed by atoms with E-state index in [4.69, 9.17) is 9.47 Å². The molecule has 100 valence electrons. The second kappa shape index (κ2) is 6.90. The molecule has 0 saturated heterocycles. The van der Waals surface area contributed by atoms with Gasteiger partial charge in [-0.05, 0) is 19.4 Å². The molecule has 0 bridgehead atoms. The third kappa shape index (κ3) is 3.16. The summed E-state index contributed by atoms with van der Waals surface area (Å²) in [7, 11) is 1.48. The second-order valence-electron chi connectivity index (χ2n) is 3.72. The van der Waals surface area contributed by atoms with Crippen LogP contribution in [0.1, 0.15) is 31.7 Å². The van der Waals surface area contributed by atoms with Crippen molar-refractivity contribution in [2.45, 2.75) is 32.9 Å². The Bertz CT molecular complexity index is 456. The summed E-state index contributed by atoms with van der Waals surface area (Å²) in [6.07, 6.45) is 1.99. The van der Waals surface area contributed by atoms with E-state index in [0.717, 1.165) is 0 Å². The Hall–Kier alpha value is -1.69. The summed E-state index contributed by atoms with van der Waals surface area (Å²) in [6.45, 7) is 3.93. The van der Waals surface area contributed by atoms with Gasteiger partial charge < -0.3 is 9.47 Å². The van der Waals surface area contributed by atoms with E-state index in [1.165, 1.54) is 18.0 Å². The fourth-order valence-electron chi connectivity index (χ4n) is 1.70. The smallest absolute Gasteiger partial charge is 0.313 e. The molecule has 0 aromatic carbocycles. The Kier molecular flexibility index (Phi) is 5.51. The molecule has 0 aliphatic heterocycles. The minimum atomic E-state index is -0.552. The van der Waals surface area contributed by atoms with Crippen LogP contribution in [0.15, 0.2) is 17.1 Å². The van der Waals surface area contributed by atoms with Crippen LogP contribution in [0, 0.1) is 0 Å². The molecule has 1 rings (SSSR count). The van der Waals surface area contributed by atoms with E-state index in [1.807, 2.05) is 6.92 Å². The van der Waals surface area contributed by atoms with Crippen LogP contribution in [-0.4, -0.2) is 29.5 Å². The zero-order chi connectivity index (χ0) is 13.5. The number of rotatable bonds is 6. The van der Waals surface area contributed by atoms with Crippen molar-refractivity contribution < 1.29 is 14.3 Å². The third-order valence-electron chi connectivity index (χ3n) is 2.55. The number of aromatic nitrogens is 2. The molecule has 6 nitrogen and oxygen atoms in total. The molecular weight excluding hydrogens is 236 g/mol. The molecule has 1 atom stereocenters. The maximum atomic E-state index is 12.1. The lowest BCUT2D eigenvalue weighted by Gasteiger charge is -2.14. The van der Waals surface area contributed by atoms with E-state index in [-0.39, 0.29) is 18.3 Å². The maximum Gasteiger partial charge on any atom is 0.313 e. The number of ether oxygens (including phenoxy) is 2. The summed E-state index contributed by atoms with van der Waals surface area (Å²) in [4.78, 5) is 23.9. The van der Waals surface area contributed by atoms with Crippen molar-refractivity contribution in [2.24, 2.45) is 0 Å². The Morgan fingerprint density at radius 3 is 2.78 bits per heavy atom. The minimum absolute atomic E-state index is 0.0614. The van der Waals surface area contributed by atoms with Crippen molar-refractivity contribution in [1.82, 2.24) is 9.78 Å². The van der Waals surface area contributed by atoms with Gasteiger partial charge in [0.25, 0.3) is 5.56 Å². The predicted octanol–water partition coefficient (Wildman–Crippen LogP) is 0.904. The highest BCUT2D eigenvalue weighted by Gasteiger charge is 2.23. The van der Waals surface area contributed by atoms with Crippen LogP contribution in [-0.2, 0) is 21.0 Å². The fraction of sp³-hybridized carbons (Fsp3) is 0.583. The van der Waals surface area contributed by atoms with E-state index in [2.05, 4.69) is 5.10 Å². The summed E-state index contributed by atoms with van der Waals surface area (Å²) in [5, 5.41) is 3.88. The van der Waals surface area contributed by atoms with E-state index in [9.17, 15) is 9.59 Å². The molecule has 0 aliphatic rings. The normalized spacial score (nSPS) is 12.2. The Labute approximate surface area is 106 Å². The highest BCUT2D eigenvalue weighted by atomic mass is 16.5. The fourth-order valence-corrected chi connectivity index (χ4v) is 1.70. The van der Waals surface area contributed by atoms with Crippen molar-refractivity contribution in [2.75, 3.05) is 13.7 Å². The lowest BCUT2D eigenvalue weighted by atomic mass is 9.98. The number of hydrogen-bond donors (Lipinski definition) is 0. The predicted molar refractivity (Wildman–Crippen MR) is 65.2 cm³/mol. The molecule has 0 spiro atoms. The highest BCUT2D eigenvalue weighted by Crippen LogP contribution is 2.17. The summed E-state index contributed by atoms with van der Waals surface area (Å²) >= 11 is 0. The van der Waals surface area contributed by atoms with Crippen molar-refractivity contribution in [3.05, 3.63) is 28.2 Å². The van der Waals surface area contributed by atoms with Gasteiger partial charge in [0.15, 0.2) is 0 Å². The number of hydrogen-bond acceptors (Lipinski definition) is 5. The zero-order valence-electron chi connectivity index (χ0n) is 10.9. The molecule has 1 aromatic rings. The van der Waals surface area contributed by atoms with Crippen LogP contribution >= 0.6 is 0 Å². The average Bonchev–Trinajstić information content (AvgIpc) is 2.35. The Balaban J connectivity index is 3.10. The van der Waals surface area contributed by atoms with Crippen molar-refractivity contribution in [1.29, 1.82) is 0 Å².